The molecule has 0 amide bonds. The number of rotatable bonds is 3. The normalized spacial score (nSPS) is 10.5. The monoisotopic (exact) mass is 260 g/mol. The molecule has 1 aromatic heterocycles. The summed E-state index contributed by atoms with van der Waals surface area (Å²) in [4.78, 5) is 15.8. The third kappa shape index (κ3) is 2.59. The minimum atomic E-state index is -0.569. The summed E-state index contributed by atoms with van der Waals surface area (Å²) in [5.41, 5.74) is 8.60. The molecule has 19 heavy (non-hydrogen) atoms. The van der Waals surface area contributed by atoms with Crippen LogP contribution in [0.25, 0.3) is 11.5 Å². The Hall–Kier alpha value is -2.30. The van der Waals surface area contributed by atoms with Gasteiger partial charge in [0.05, 0.1) is 6.61 Å². The van der Waals surface area contributed by atoms with Crippen LogP contribution >= 0.6 is 0 Å². The highest BCUT2D eigenvalue weighted by atomic mass is 16.5. The van der Waals surface area contributed by atoms with Gasteiger partial charge in [0.25, 0.3) is 0 Å². The number of ether oxygens (including phenoxy) is 1. The highest BCUT2D eigenvalue weighted by molar-refractivity contribution is 5.92. The summed E-state index contributed by atoms with van der Waals surface area (Å²) in [6, 6.07) is 5.90. The van der Waals surface area contributed by atoms with Crippen molar-refractivity contribution in [3.8, 4) is 11.5 Å². The zero-order valence-corrected chi connectivity index (χ0v) is 11.2. The van der Waals surface area contributed by atoms with Crippen molar-refractivity contribution in [1.82, 2.24) is 4.98 Å². The van der Waals surface area contributed by atoms with Crippen LogP contribution in [0.1, 0.15) is 28.5 Å². The van der Waals surface area contributed by atoms with Gasteiger partial charge < -0.3 is 14.9 Å². The van der Waals surface area contributed by atoms with Gasteiger partial charge in [-0.15, -0.1) is 0 Å². The van der Waals surface area contributed by atoms with Crippen LogP contribution in [0.2, 0.25) is 0 Å². The summed E-state index contributed by atoms with van der Waals surface area (Å²) in [7, 11) is 0. The van der Waals surface area contributed by atoms with Gasteiger partial charge in [0.1, 0.15) is 0 Å². The predicted molar refractivity (Wildman–Crippen MR) is 71.8 cm³/mol. The molecule has 0 radical (unpaired) electrons. The van der Waals surface area contributed by atoms with Crippen LogP contribution in [0.5, 0.6) is 0 Å². The van der Waals surface area contributed by atoms with Gasteiger partial charge in [-0.3, -0.25) is 0 Å². The van der Waals surface area contributed by atoms with Gasteiger partial charge in [0.2, 0.25) is 17.5 Å². The summed E-state index contributed by atoms with van der Waals surface area (Å²) in [5, 5.41) is 0. The molecule has 5 nitrogen and oxygen atoms in total. The van der Waals surface area contributed by atoms with Gasteiger partial charge in [0.15, 0.2) is 0 Å². The minimum Gasteiger partial charge on any atom is -0.461 e. The van der Waals surface area contributed by atoms with Gasteiger partial charge in [0, 0.05) is 5.56 Å². The average molecular weight is 260 g/mol. The second-order valence-electron chi connectivity index (χ2n) is 4.27. The highest BCUT2D eigenvalue weighted by Gasteiger charge is 2.20. The fraction of sp³-hybridized carbons (Fsp3) is 0.286. The molecule has 5 heteroatoms. The number of anilines is 1. The van der Waals surface area contributed by atoms with E-state index in [1.54, 1.807) is 6.92 Å². The Bertz CT molecular complexity index is 617. The fourth-order valence-corrected chi connectivity index (χ4v) is 1.76. The van der Waals surface area contributed by atoms with Crippen molar-refractivity contribution in [3.63, 3.8) is 0 Å². The van der Waals surface area contributed by atoms with Gasteiger partial charge in [-0.25, -0.2) is 4.79 Å². The number of carbonyl (C=O) groups excluding carboxylic acids is 1. The van der Waals surface area contributed by atoms with E-state index in [1.807, 2.05) is 32.0 Å². The van der Waals surface area contributed by atoms with Crippen molar-refractivity contribution in [2.24, 2.45) is 0 Å². The van der Waals surface area contributed by atoms with Crippen molar-refractivity contribution < 1.29 is 13.9 Å². The van der Waals surface area contributed by atoms with E-state index >= 15 is 0 Å². The van der Waals surface area contributed by atoms with Gasteiger partial charge in [-0.2, -0.15) is 4.98 Å². The summed E-state index contributed by atoms with van der Waals surface area (Å²) < 4.78 is 10.2. The lowest BCUT2D eigenvalue weighted by Gasteiger charge is -2.02. The Morgan fingerprint density at radius 2 is 2.16 bits per heavy atom. The average Bonchev–Trinajstić information content (AvgIpc) is 2.74. The molecule has 1 aromatic carbocycles. The van der Waals surface area contributed by atoms with Crippen LogP contribution in [0.3, 0.4) is 0 Å². The Balaban J connectivity index is 2.44. The number of benzene rings is 1. The molecule has 0 saturated heterocycles. The number of oxazole rings is 1. The number of nitrogens with two attached hydrogens (primary N) is 1. The number of nitrogen functional groups attached to an aromatic ring is 1. The first kappa shape index (κ1) is 13.1. The lowest BCUT2D eigenvalue weighted by atomic mass is 10.1. The molecule has 2 aromatic rings. The molecule has 0 fully saturated rings. The second kappa shape index (κ2) is 5.14. The van der Waals surface area contributed by atoms with Crippen molar-refractivity contribution in [3.05, 3.63) is 35.0 Å². The molecule has 1 heterocycles. The van der Waals surface area contributed by atoms with Crippen molar-refractivity contribution in [2.45, 2.75) is 20.8 Å². The van der Waals surface area contributed by atoms with Gasteiger partial charge >= 0.3 is 5.97 Å². The van der Waals surface area contributed by atoms with Gasteiger partial charge in [-0.1, -0.05) is 17.7 Å². The molecule has 0 aliphatic heterocycles. The van der Waals surface area contributed by atoms with E-state index in [0.717, 1.165) is 16.7 Å². The number of hydrogen-bond acceptors (Lipinski definition) is 5. The smallest absolute Gasteiger partial charge is 0.362 e. The van der Waals surface area contributed by atoms with E-state index in [9.17, 15) is 4.79 Å². The first-order chi connectivity index (χ1) is 9.02. The van der Waals surface area contributed by atoms with Crippen LogP contribution in [-0.4, -0.2) is 17.6 Å². The summed E-state index contributed by atoms with van der Waals surface area (Å²) in [6.07, 6.45) is 0. The maximum absolute atomic E-state index is 11.6. The first-order valence-electron chi connectivity index (χ1n) is 6.04. The molecule has 0 spiro atoms. The van der Waals surface area contributed by atoms with Crippen LogP contribution in [-0.2, 0) is 4.74 Å². The number of carbonyl (C=O) groups is 1. The third-order valence-corrected chi connectivity index (χ3v) is 2.75. The van der Waals surface area contributed by atoms with E-state index in [0.29, 0.717) is 5.89 Å². The lowest BCUT2D eigenvalue weighted by molar-refractivity contribution is 0.0521. The van der Waals surface area contributed by atoms with Crippen LogP contribution < -0.4 is 5.73 Å². The van der Waals surface area contributed by atoms with E-state index in [1.165, 1.54) is 0 Å². The van der Waals surface area contributed by atoms with E-state index in [4.69, 9.17) is 14.9 Å². The standard InChI is InChI=1S/C14H16N2O3/c1-4-18-14(17)11-12(15)19-13(16-11)10-7-8(2)5-6-9(10)3/h5-7H,4,15H2,1-3H3. The topological polar surface area (TPSA) is 78.3 Å². The van der Waals surface area contributed by atoms with Crippen LogP contribution in [0, 0.1) is 13.8 Å². The summed E-state index contributed by atoms with van der Waals surface area (Å²) in [5.74, 6) is -0.253. The van der Waals surface area contributed by atoms with E-state index in [-0.39, 0.29) is 18.2 Å². The Morgan fingerprint density at radius 1 is 1.42 bits per heavy atom. The van der Waals surface area contributed by atoms with E-state index in [2.05, 4.69) is 4.98 Å². The molecule has 0 saturated carbocycles. The zero-order chi connectivity index (χ0) is 14.0. The van der Waals surface area contributed by atoms with E-state index < -0.39 is 5.97 Å². The second-order valence-corrected chi connectivity index (χ2v) is 4.27. The molecule has 0 bridgehead atoms. The summed E-state index contributed by atoms with van der Waals surface area (Å²) in [6.45, 7) is 5.91. The molecular formula is C14H16N2O3. The van der Waals surface area contributed by atoms with Gasteiger partial charge in [-0.05, 0) is 32.4 Å². The lowest BCUT2D eigenvalue weighted by Crippen LogP contribution is -2.07. The molecular weight excluding hydrogens is 244 g/mol. The minimum absolute atomic E-state index is 0.0191. The summed E-state index contributed by atoms with van der Waals surface area (Å²) >= 11 is 0. The van der Waals surface area contributed by atoms with Crippen LogP contribution in [0.15, 0.2) is 22.6 Å². The molecule has 0 unspecified atom stereocenters. The van der Waals surface area contributed by atoms with Crippen molar-refractivity contribution in [1.29, 1.82) is 0 Å². The maximum Gasteiger partial charge on any atom is 0.362 e. The molecule has 0 atom stereocenters. The number of esters is 1. The molecule has 2 N–H and O–H groups in total. The van der Waals surface area contributed by atoms with Crippen molar-refractivity contribution >= 4 is 11.9 Å². The number of hydrogen-bond donors (Lipinski definition) is 1. The predicted octanol–water partition coefficient (Wildman–Crippen LogP) is 2.72. The highest BCUT2D eigenvalue weighted by Crippen LogP contribution is 2.27. The molecule has 2 rings (SSSR count). The molecule has 0 aliphatic rings. The Kier molecular flexibility index (Phi) is 3.55. The largest absolute Gasteiger partial charge is 0.461 e. The number of nitrogens with zero attached hydrogens (tertiary/aromatic N) is 1. The Morgan fingerprint density at radius 3 is 2.84 bits per heavy atom. The first-order valence-corrected chi connectivity index (χ1v) is 6.04. The number of aryl methyl sites for hydroxylation is 2. The van der Waals surface area contributed by atoms with Crippen molar-refractivity contribution in [2.75, 3.05) is 12.3 Å². The maximum atomic E-state index is 11.6. The third-order valence-electron chi connectivity index (χ3n) is 2.75. The molecule has 0 aliphatic carbocycles. The molecule has 100 valence electrons. The SMILES string of the molecule is CCOC(=O)c1nc(-c2cc(C)ccc2C)oc1N. The Labute approximate surface area is 111 Å². The number of aromatic nitrogens is 1. The fourth-order valence-electron chi connectivity index (χ4n) is 1.76. The quantitative estimate of drug-likeness (QED) is 0.858. The zero-order valence-electron chi connectivity index (χ0n) is 11.2. The van der Waals surface area contributed by atoms with Crippen LogP contribution in [0.4, 0.5) is 5.88 Å².